The standard InChI is InChI=1S/C14H19BrN2O2/c15-13-4-2-1-3-12(13)11-14(18)16-5-6-17-7-9-19-10-8-17/h1-4H,5-11H2,(H,16,18). The number of morpholine rings is 1. The van der Waals surface area contributed by atoms with Crippen LogP contribution in [0.3, 0.4) is 0 Å². The van der Waals surface area contributed by atoms with Crippen LogP contribution in [0.25, 0.3) is 0 Å². The number of ether oxygens (including phenoxy) is 1. The molecule has 0 spiro atoms. The molecule has 1 amide bonds. The highest BCUT2D eigenvalue weighted by Gasteiger charge is 2.10. The van der Waals surface area contributed by atoms with E-state index in [2.05, 4.69) is 26.1 Å². The Morgan fingerprint density at radius 1 is 1.32 bits per heavy atom. The largest absolute Gasteiger partial charge is 0.379 e. The van der Waals surface area contributed by atoms with E-state index in [9.17, 15) is 4.79 Å². The minimum atomic E-state index is 0.0696. The summed E-state index contributed by atoms with van der Waals surface area (Å²) < 4.78 is 6.27. The summed E-state index contributed by atoms with van der Waals surface area (Å²) in [6, 6.07) is 7.81. The zero-order chi connectivity index (χ0) is 13.5. The number of hydrogen-bond donors (Lipinski definition) is 1. The first-order chi connectivity index (χ1) is 9.25. The fourth-order valence-electron chi connectivity index (χ4n) is 2.06. The van der Waals surface area contributed by atoms with E-state index >= 15 is 0 Å². The Morgan fingerprint density at radius 2 is 2.05 bits per heavy atom. The lowest BCUT2D eigenvalue weighted by Gasteiger charge is -2.26. The van der Waals surface area contributed by atoms with Gasteiger partial charge in [-0.2, -0.15) is 0 Å². The molecule has 104 valence electrons. The van der Waals surface area contributed by atoms with Gasteiger partial charge in [0.1, 0.15) is 0 Å². The van der Waals surface area contributed by atoms with Crippen molar-refractivity contribution in [3.05, 3.63) is 34.3 Å². The molecule has 1 N–H and O–H groups in total. The predicted molar refractivity (Wildman–Crippen MR) is 78.1 cm³/mol. The highest BCUT2D eigenvalue weighted by atomic mass is 79.9. The smallest absolute Gasteiger partial charge is 0.224 e. The van der Waals surface area contributed by atoms with E-state index < -0.39 is 0 Å². The van der Waals surface area contributed by atoms with Crippen LogP contribution in [0.1, 0.15) is 5.56 Å². The molecule has 0 radical (unpaired) electrons. The second-order valence-corrected chi connectivity index (χ2v) is 5.43. The summed E-state index contributed by atoms with van der Waals surface area (Å²) in [5.74, 6) is 0.0696. The predicted octanol–water partition coefficient (Wildman–Crippen LogP) is 1.44. The summed E-state index contributed by atoms with van der Waals surface area (Å²) in [7, 11) is 0. The molecular weight excluding hydrogens is 308 g/mol. The first-order valence-electron chi connectivity index (χ1n) is 6.56. The highest BCUT2D eigenvalue weighted by molar-refractivity contribution is 9.10. The molecule has 19 heavy (non-hydrogen) atoms. The zero-order valence-electron chi connectivity index (χ0n) is 10.9. The second-order valence-electron chi connectivity index (χ2n) is 4.57. The van der Waals surface area contributed by atoms with E-state index in [4.69, 9.17) is 4.74 Å². The number of nitrogens with zero attached hydrogens (tertiary/aromatic N) is 1. The third-order valence-corrected chi connectivity index (χ3v) is 3.94. The molecule has 0 bridgehead atoms. The van der Waals surface area contributed by atoms with Crippen LogP contribution in [0.15, 0.2) is 28.7 Å². The van der Waals surface area contributed by atoms with Crippen molar-refractivity contribution >= 4 is 21.8 Å². The van der Waals surface area contributed by atoms with Crippen molar-refractivity contribution in [3.8, 4) is 0 Å². The quantitative estimate of drug-likeness (QED) is 0.890. The van der Waals surface area contributed by atoms with Crippen LogP contribution in [0.4, 0.5) is 0 Å². The third kappa shape index (κ3) is 4.93. The molecule has 2 rings (SSSR count). The van der Waals surface area contributed by atoms with Gasteiger partial charge in [-0.05, 0) is 11.6 Å². The molecule has 1 fully saturated rings. The number of halogens is 1. The van der Waals surface area contributed by atoms with E-state index in [0.29, 0.717) is 13.0 Å². The fraction of sp³-hybridized carbons (Fsp3) is 0.500. The molecule has 0 unspecified atom stereocenters. The Labute approximate surface area is 122 Å². The molecule has 1 heterocycles. The lowest BCUT2D eigenvalue weighted by Crippen LogP contribution is -2.41. The molecule has 0 saturated carbocycles. The van der Waals surface area contributed by atoms with E-state index in [1.807, 2.05) is 24.3 Å². The van der Waals surface area contributed by atoms with Crippen molar-refractivity contribution in [2.24, 2.45) is 0 Å². The monoisotopic (exact) mass is 326 g/mol. The van der Waals surface area contributed by atoms with Gasteiger partial charge in [0.05, 0.1) is 19.6 Å². The van der Waals surface area contributed by atoms with Crippen LogP contribution in [0.5, 0.6) is 0 Å². The first kappa shape index (κ1) is 14.5. The minimum absolute atomic E-state index is 0.0696. The van der Waals surface area contributed by atoms with Crippen LogP contribution in [0.2, 0.25) is 0 Å². The van der Waals surface area contributed by atoms with Crippen molar-refractivity contribution in [2.75, 3.05) is 39.4 Å². The second kappa shape index (κ2) is 7.62. The van der Waals surface area contributed by atoms with Crippen molar-refractivity contribution in [2.45, 2.75) is 6.42 Å². The number of hydrogen-bond acceptors (Lipinski definition) is 3. The first-order valence-corrected chi connectivity index (χ1v) is 7.35. The third-order valence-electron chi connectivity index (χ3n) is 3.16. The van der Waals surface area contributed by atoms with Gasteiger partial charge in [0.25, 0.3) is 0 Å². The number of benzene rings is 1. The van der Waals surface area contributed by atoms with Crippen molar-refractivity contribution < 1.29 is 9.53 Å². The Kier molecular flexibility index (Phi) is 5.82. The Morgan fingerprint density at radius 3 is 2.79 bits per heavy atom. The van der Waals surface area contributed by atoms with Gasteiger partial charge >= 0.3 is 0 Å². The number of rotatable bonds is 5. The Bertz CT molecular complexity index is 420. The maximum atomic E-state index is 11.8. The summed E-state index contributed by atoms with van der Waals surface area (Å²) in [5, 5.41) is 2.96. The molecule has 1 aromatic carbocycles. The van der Waals surface area contributed by atoms with Crippen LogP contribution >= 0.6 is 15.9 Å². The average molecular weight is 327 g/mol. The van der Waals surface area contributed by atoms with Crippen LogP contribution in [-0.2, 0) is 16.0 Å². The molecular formula is C14H19BrN2O2. The molecule has 1 aliphatic heterocycles. The van der Waals surface area contributed by atoms with Crippen LogP contribution in [0, 0.1) is 0 Å². The molecule has 1 aromatic rings. The van der Waals surface area contributed by atoms with Gasteiger partial charge in [-0.3, -0.25) is 9.69 Å². The van der Waals surface area contributed by atoms with E-state index in [-0.39, 0.29) is 5.91 Å². The van der Waals surface area contributed by atoms with Crippen molar-refractivity contribution in [3.63, 3.8) is 0 Å². The number of nitrogens with one attached hydrogen (secondary N) is 1. The molecule has 0 aliphatic carbocycles. The van der Waals surface area contributed by atoms with Crippen molar-refractivity contribution in [1.29, 1.82) is 0 Å². The van der Waals surface area contributed by atoms with Gasteiger partial charge in [-0.1, -0.05) is 34.1 Å². The minimum Gasteiger partial charge on any atom is -0.379 e. The number of carbonyl (C=O) groups is 1. The van der Waals surface area contributed by atoms with Gasteiger partial charge in [0, 0.05) is 30.7 Å². The number of amides is 1. The number of carbonyl (C=O) groups excluding carboxylic acids is 1. The molecule has 4 nitrogen and oxygen atoms in total. The van der Waals surface area contributed by atoms with Gasteiger partial charge in [0.15, 0.2) is 0 Å². The maximum Gasteiger partial charge on any atom is 0.224 e. The van der Waals surface area contributed by atoms with Crippen molar-refractivity contribution in [1.82, 2.24) is 10.2 Å². The highest BCUT2D eigenvalue weighted by Crippen LogP contribution is 2.15. The van der Waals surface area contributed by atoms with Gasteiger partial charge < -0.3 is 10.1 Å². The lowest BCUT2D eigenvalue weighted by atomic mass is 10.1. The summed E-state index contributed by atoms with van der Waals surface area (Å²) in [4.78, 5) is 14.1. The molecule has 0 aromatic heterocycles. The summed E-state index contributed by atoms with van der Waals surface area (Å²) >= 11 is 3.45. The van der Waals surface area contributed by atoms with Gasteiger partial charge in [0.2, 0.25) is 5.91 Å². The molecule has 1 saturated heterocycles. The summed E-state index contributed by atoms with van der Waals surface area (Å²) in [6.45, 7) is 5.10. The van der Waals surface area contributed by atoms with E-state index in [0.717, 1.165) is 42.9 Å². The summed E-state index contributed by atoms with van der Waals surface area (Å²) in [5.41, 5.74) is 1.02. The normalized spacial score (nSPS) is 16.3. The van der Waals surface area contributed by atoms with Crippen LogP contribution in [-0.4, -0.2) is 50.2 Å². The molecule has 1 aliphatic rings. The van der Waals surface area contributed by atoms with Gasteiger partial charge in [-0.15, -0.1) is 0 Å². The van der Waals surface area contributed by atoms with E-state index in [1.54, 1.807) is 0 Å². The lowest BCUT2D eigenvalue weighted by molar-refractivity contribution is -0.120. The fourth-order valence-corrected chi connectivity index (χ4v) is 2.48. The zero-order valence-corrected chi connectivity index (χ0v) is 12.5. The Hall–Kier alpha value is -0.910. The van der Waals surface area contributed by atoms with Crippen LogP contribution < -0.4 is 5.32 Å². The molecule has 5 heteroatoms. The SMILES string of the molecule is O=C(Cc1ccccc1Br)NCCN1CCOCC1. The average Bonchev–Trinajstić information content (AvgIpc) is 2.43. The van der Waals surface area contributed by atoms with E-state index in [1.165, 1.54) is 0 Å². The topological polar surface area (TPSA) is 41.6 Å². The summed E-state index contributed by atoms with van der Waals surface area (Å²) in [6.07, 6.45) is 0.421. The van der Waals surface area contributed by atoms with Gasteiger partial charge in [-0.25, -0.2) is 0 Å². The Balaban J connectivity index is 1.68. The molecule has 0 atom stereocenters. The maximum absolute atomic E-state index is 11.8.